The molecule has 29 heavy (non-hydrogen) atoms. The number of likely N-dealkylation sites (tertiary alicyclic amines) is 1. The fraction of sp³-hybridized carbons (Fsp3) is 0.650. The molecule has 0 unspecified atom stereocenters. The van der Waals surface area contributed by atoms with Crippen molar-refractivity contribution in [2.45, 2.75) is 19.4 Å². The maximum atomic E-state index is 13.0. The molecule has 0 radical (unpaired) electrons. The van der Waals surface area contributed by atoms with E-state index in [1.807, 2.05) is 13.0 Å². The van der Waals surface area contributed by atoms with Crippen molar-refractivity contribution in [3.8, 4) is 5.75 Å². The Hall–Kier alpha value is -1.68. The summed E-state index contributed by atoms with van der Waals surface area (Å²) in [7, 11) is -1.76. The number of nitrogens with zero attached hydrogens (tertiary/aromatic N) is 3. The second kappa shape index (κ2) is 9.42. The van der Waals surface area contributed by atoms with Gasteiger partial charge in [0.15, 0.2) is 0 Å². The van der Waals surface area contributed by atoms with Crippen molar-refractivity contribution in [2.75, 3.05) is 65.8 Å². The van der Waals surface area contributed by atoms with Crippen molar-refractivity contribution < 1.29 is 22.7 Å². The predicted molar refractivity (Wildman–Crippen MR) is 111 cm³/mol. The molecule has 2 aliphatic heterocycles. The number of carbonyl (C=O) groups is 1. The lowest BCUT2D eigenvalue weighted by Gasteiger charge is -2.31. The lowest BCUT2D eigenvalue weighted by molar-refractivity contribution is 0.0353. The van der Waals surface area contributed by atoms with Gasteiger partial charge in [0.05, 0.1) is 26.6 Å². The molecule has 1 atom stereocenters. The number of morpholine rings is 1. The van der Waals surface area contributed by atoms with Crippen molar-refractivity contribution in [2.24, 2.45) is 0 Å². The Balaban J connectivity index is 1.65. The van der Waals surface area contributed by atoms with E-state index in [-0.39, 0.29) is 11.9 Å². The summed E-state index contributed by atoms with van der Waals surface area (Å²) in [5.41, 5.74) is 1.48. The van der Waals surface area contributed by atoms with Gasteiger partial charge in [0, 0.05) is 50.9 Å². The average molecular weight is 426 g/mol. The van der Waals surface area contributed by atoms with E-state index in [9.17, 15) is 13.2 Å². The zero-order valence-electron chi connectivity index (χ0n) is 17.5. The molecule has 9 heteroatoms. The van der Waals surface area contributed by atoms with E-state index in [0.717, 1.165) is 18.7 Å². The quantitative estimate of drug-likeness (QED) is 0.643. The molecule has 2 fully saturated rings. The van der Waals surface area contributed by atoms with Crippen LogP contribution in [0.1, 0.15) is 22.3 Å². The van der Waals surface area contributed by atoms with Crippen molar-refractivity contribution in [1.29, 1.82) is 0 Å². The number of methoxy groups -OCH3 is 1. The van der Waals surface area contributed by atoms with Crippen LogP contribution in [0.15, 0.2) is 18.2 Å². The van der Waals surface area contributed by atoms with Gasteiger partial charge in [0.2, 0.25) is 10.0 Å². The molecule has 0 aromatic heterocycles. The molecule has 1 aromatic rings. The van der Waals surface area contributed by atoms with Crippen LogP contribution in [0.5, 0.6) is 5.75 Å². The zero-order valence-corrected chi connectivity index (χ0v) is 18.3. The highest BCUT2D eigenvalue weighted by molar-refractivity contribution is 7.88. The lowest BCUT2D eigenvalue weighted by atomic mass is 10.1. The fourth-order valence-corrected chi connectivity index (χ4v) is 5.15. The molecule has 0 N–H and O–H groups in total. The Morgan fingerprint density at radius 3 is 2.62 bits per heavy atom. The van der Waals surface area contributed by atoms with Crippen molar-refractivity contribution in [3.05, 3.63) is 29.3 Å². The standard InChI is InChI=1S/C20H31N3O5S/c1-16-14-18(27-2)4-5-19(16)20(24)22-7-6-17(15-22)23(29(3,25)26)9-8-21-10-12-28-13-11-21/h4-5,14,17H,6-13,15H2,1-3H3/t17-/m0/s1. The van der Waals surface area contributed by atoms with Crippen LogP contribution in [-0.4, -0.2) is 100 Å². The molecule has 2 saturated heterocycles. The summed E-state index contributed by atoms with van der Waals surface area (Å²) in [6.45, 7) is 6.99. The van der Waals surface area contributed by atoms with Crippen molar-refractivity contribution >= 4 is 15.9 Å². The number of aryl methyl sites for hydroxylation is 1. The topological polar surface area (TPSA) is 79.4 Å². The minimum atomic E-state index is -3.36. The van der Waals surface area contributed by atoms with Gasteiger partial charge in [-0.05, 0) is 37.1 Å². The number of hydrogen-bond donors (Lipinski definition) is 0. The molecule has 1 aromatic carbocycles. The molecule has 1 amide bonds. The molecule has 0 aliphatic carbocycles. The van der Waals surface area contributed by atoms with Gasteiger partial charge in [-0.2, -0.15) is 4.31 Å². The normalized spacial score (nSPS) is 21.0. The summed E-state index contributed by atoms with van der Waals surface area (Å²) in [4.78, 5) is 17.0. The Morgan fingerprint density at radius 1 is 1.28 bits per heavy atom. The Morgan fingerprint density at radius 2 is 2.00 bits per heavy atom. The lowest BCUT2D eigenvalue weighted by Crippen LogP contribution is -2.47. The highest BCUT2D eigenvalue weighted by Crippen LogP contribution is 2.23. The highest BCUT2D eigenvalue weighted by atomic mass is 32.2. The smallest absolute Gasteiger partial charge is 0.254 e. The third-order valence-electron chi connectivity index (χ3n) is 5.69. The Kier molecular flexibility index (Phi) is 7.15. The first-order valence-electron chi connectivity index (χ1n) is 10.0. The second-order valence-electron chi connectivity index (χ2n) is 7.70. The first-order valence-corrected chi connectivity index (χ1v) is 11.9. The monoisotopic (exact) mass is 425 g/mol. The highest BCUT2D eigenvalue weighted by Gasteiger charge is 2.35. The van der Waals surface area contributed by atoms with Gasteiger partial charge in [0.1, 0.15) is 5.75 Å². The van der Waals surface area contributed by atoms with E-state index in [0.29, 0.717) is 57.1 Å². The van der Waals surface area contributed by atoms with Gasteiger partial charge in [-0.25, -0.2) is 8.42 Å². The van der Waals surface area contributed by atoms with Crippen LogP contribution >= 0.6 is 0 Å². The minimum Gasteiger partial charge on any atom is -0.497 e. The van der Waals surface area contributed by atoms with Crippen LogP contribution in [-0.2, 0) is 14.8 Å². The average Bonchev–Trinajstić information content (AvgIpc) is 3.17. The maximum Gasteiger partial charge on any atom is 0.254 e. The Bertz CT molecular complexity index is 823. The van der Waals surface area contributed by atoms with Gasteiger partial charge in [-0.1, -0.05) is 0 Å². The summed E-state index contributed by atoms with van der Waals surface area (Å²) < 4.78 is 37.0. The summed E-state index contributed by atoms with van der Waals surface area (Å²) in [6.07, 6.45) is 1.90. The summed E-state index contributed by atoms with van der Waals surface area (Å²) in [6, 6.07) is 5.20. The SMILES string of the molecule is COc1ccc(C(=O)N2CC[C@H](N(CCN3CCOCC3)S(C)(=O)=O)C2)c(C)c1. The number of sulfonamides is 1. The predicted octanol–water partition coefficient (Wildman–Crippen LogP) is 0.812. The number of rotatable bonds is 7. The molecule has 162 valence electrons. The van der Waals surface area contributed by atoms with Crippen LogP contribution in [0.2, 0.25) is 0 Å². The third kappa shape index (κ3) is 5.48. The third-order valence-corrected chi connectivity index (χ3v) is 7.02. The number of amides is 1. The van der Waals surface area contributed by atoms with E-state index < -0.39 is 10.0 Å². The van der Waals surface area contributed by atoms with Gasteiger partial charge >= 0.3 is 0 Å². The van der Waals surface area contributed by atoms with E-state index in [2.05, 4.69) is 4.90 Å². The zero-order chi connectivity index (χ0) is 21.0. The summed E-state index contributed by atoms with van der Waals surface area (Å²) in [5, 5.41) is 0. The van der Waals surface area contributed by atoms with Crippen LogP contribution in [0.4, 0.5) is 0 Å². The molecule has 0 spiro atoms. The largest absolute Gasteiger partial charge is 0.497 e. The molecular formula is C20H31N3O5S. The van der Waals surface area contributed by atoms with Gasteiger partial charge in [-0.15, -0.1) is 0 Å². The van der Waals surface area contributed by atoms with Crippen LogP contribution in [0.25, 0.3) is 0 Å². The first kappa shape index (κ1) is 22.0. The first-order chi connectivity index (χ1) is 13.8. The molecule has 2 heterocycles. The molecular weight excluding hydrogens is 394 g/mol. The molecule has 0 saturated carbocycles. The van der Waals surface area contributed by atoms with E-state index in [1.165, 1.54) is 6.26 Å². The number of benzene rings is 1. The Labute approximate surface area is 173 Å². The molecule has 3 rings (SSSR count). The van der Waals surface area contributed by atoms with Gasteiger partial charge in [0.25, 0.3) is 5.91 Å². The van der Waals surface area contributed by atoms with Crippen LogP contribution in [0.3, 0.4) is 0 Å². The van der Waals surface area contributed by atoms with Crippen LogP contribution in [0, 0.1) is 6.92 Å². The summed E-state index contributed by atoms with van der Waals surface area (Å²) >= 11 is 0. The number of hydrogen-bond acceptors (Lipinski definition) is 6. The van der Waals surface area contributed by atoms with E-state index in [1.54, 1.807) is 28.4 Å². The van der Waals surface area contributed by atoms with E-state index in [4.69, 9.17) is 9.47 Å². The van der Waals surface area contributed by atoms with Crippen LogP contribution < -0.4 is 4.74 Å². The second-order valence-corrected chi connectivity index (χ2v) is 9.64. The van der Waals surface area contributed by atoms with E-state index >= 15 is 0 Å². The van der Waals surface area contributed by atoms with Crippen molar-refractivity contribution in [1.82, 2.24) is 14.1 Å². The fourth-order valence-electron chi connectivity index (χ4n) is 4.02. The number of carbonyl (C=O) groups excluding carboxylic acids is 1. The molecule has 8 nitrogen and oxygen atoms in total. The minimum absolute atomic E-state index is 0.0608. The van der Waals surface area contributed by atoms with Gasteiger partial charge < -0.3 is 14.4 Å². The molecule has 0 bridgehead atoms. The number of ether oxygens (including phenoxy) is 2. The summed E-state index contributed by atoms with van der Waals surface area (Å²) in [5.74, 6) is 0.652. The molecule has 2 aliphatic rings. The van der Waals surface area contributed by atoms with Gasteiger partial charge in [-0.3, -0.25) is 9.69 Å². The maximum absolute atomic E-state index is 13.0. The van der Waals surface area contributed by atoms with Crippen molar-refractivity contribution in [3.63, 3.8) is 0 Å².